The van der Waals surface area contributed by atoms with Gasteiger partial charge < -0.3 is 14.2 Å². The molecule has 118 valence electrons. The van der Waals surface area contributed by atoms with Crippen molar-refractivity contribution in [2.45, 2.75) is 33.0 Å². The third kappa shape index (κ3) is 3.14. The van der Waals surface area contributed by atoms with Crippen molar-refractivity contribution in [3.05, 3.63) is 48.6 Å². The topological polar surface area (TPSA) is 55.8 Å². The summed E-state index contributed by atoms with van der Waals surface area (Å²) in [5.74, 6) is 0. The summed E-state index contributed by atoms with van der Waals surface area (Å²) in [4.78, 5) is 0. The Kier molecular flexibility index (Phi) is 5.94. The Bertz CT molecular complexity index is 502. The van der Waals surface area contributed by atoms with E-state index in [1.807, 2.05) is 6.07 Å². The van der Waals surface area contributed by atoms with Gasteiger partial charge in [0.2, 0.25) is 0 Å². The van der Waals surface area contributed by atoms with Crippen molar-refractivity contribution in [3.63, 3.8) is 0 Å². The summed E-state index contributed by atoms with van der Waals surface area (Å²) in [7, 11) is -3.82. The fraction of sp³-hybridized carbons (Fsp3) is 0.500. The lowest BCUT2D eigenvalue weighted by Gasteiger charge is -2.44. The Morgan fingerprint density at radius 1 is 1.19 bits per heavy atom. The molecule has 0 bridgehead atoms. The minimum Gasteiger partial charge on any atom is -0.373 e. The van der Waals surface area contributed by atoms with Crippen LogP contribution >= 0.6 is 7.60 Å². The van der Waals surface area contributed by atoms with Gasteiger partial charge in [-0.05, 0) is 19.4 Å². The molecule has 0 amide bonds. The Balaban J connectivity index is 3.59. The lowest BCUT2D eigenvalue weighted by atomic mass is 9.82. The van der Waals surface area contributed by atoms with E-state index in [1.165, 1.54) is 0 Å². The van der Waals surface area contributed by atoms with Crippen molar-refractivity contribution in [3.8, 4) is 0 Å². The standard InChI is InChI=1S/C16H25O4P/c1-6-15(4,5)16(17,14-12-10-9-11-13-14)21(18,19-7-2)20-8-3/h6,9-13,17H,1,7-8H2,2-5H3. The molecular weight excluding hydrogens is 287 g/mol. The first-order valence-corrected chi connectivity index (χ1v) is 8.64. The van der Waals surface area contributed by atoms with Gasteiger partial charge in [0.15, 0.2) is 5.34 Å². The molecule has 0 fully saturated rings. The van der Waals surface area contributed by atoms with Gasteiger partial charge >= 0.3 is 7.60 Å². The number of aliphatic hydroxyl groups is 1. The number of hydrogen-bond acceptors (Lipinski definition) is 4. The Morgan fingerprint density at radius 2 is 1.67 bits per heavy atom. The second kappa shape index (κ2) is 6.89. The summed E-state index contributed by atoms with van der Waals surface area (Å²) >= 11 is 0. The van der Waals surface area contributed by atoms with E-state index in [1.54, 1.807) is 58.0 Å². The van der Waals surface area contributed by atoms with Crippen LogP contribution in [0.5, 0.6) is 0 Å². The molecule has 5 heteroatoms. The van der Waals surface area contributed by atoms with Crippen LogP contribution in [-0.4, -0.2) is 18.3 Å². The van der Waals surface area contributed by atoms with Crippen molar-refractivity contribution < 1.29 is 18.7 Å². The van der Waals surface area contributed by atoms with Crippen LogP contribution in [0.3, 0.4) is 0 Å². The number of rotatable bonds is 8. The van der Waals surface area contributed by atoms with Gasteiger partial charge in [0.05, 0.1) is 13.2 Å². The van der Waals surface area contributed by atoms with E-state index in [0.29, 0.717) is 5.56 Å². The maximum absolute atomic E-state index is 13.3. The SMILES string of the molecule is C=CC(C)(C)C(O)(c1ccccc1)P(=O)(OCC)OCC. The molecule has 4 nitrogen and oxygen atoms in total. The minimum absolute atomic E-state index is 0.180. The van der Waals surface area contributed by atoms with Crippen LogP contribution in [0.1, 0.15) is 33.3 Å². The molecule has 0 aliphatic heterocycles. The quantitative estimate of drug-likeness (QED) is 0.574. The molecule has 1 aromatic rings. The highest BCUT2D eigenvalue weighted by Crippen LogP contribution is 2.69. The first kappa shape index (κ1) is 18.1. The van der Waals surface area contributed by atoms with E-state index >= 15 is 0 Å². The molecule has 0 heterocycles. The Hall–Kier alpha value is -0.930. The van der Waals surface area contributed by atoms with Crippen molar-refractivity contribution in [1.29, 1.82) is 0 Å². The van der Waals surface area contributed by atoms with Gasteiger partial charge in [-0.15, -0.1) is 6.58 Å². The molecule has 1 aromatic carbocycles. The summed E-state index contributed by atoms with van der Waals surface area (Å²) in [5.41, 5.74) is -0.422. The van der Waals surface area contributed by atoms with E-state index in [0.717, 1.165) is 0 Å². The smallest absolute Gasteiger partial charge is 0.367 e. The molecule has 0 aliphatic carbocycles. The van der Waals surface area contributed by atoms with Gasteiger partial charge in [-0.25, -0.2) is 0 Å². The predicted molar refractivity (Wildman–Crippen MR) is 85.2 cm³/mol. The highest BCUT2D eigenvalue weighted by Gasteiger charge is 2.59. The normalized spacial score (nSPS) is 15.5. The van der Waals surface area contributed by atoms with Crippen molar-refractivity contribution >= 4 is 7.60 Å². The van der Waals surface area contributed by atoms with E-state index in [-0.39, 0.29) is 13.2 Å². The molecule has 1 unspecified atom stereocenters. The molecule has 0 saturated heterocycles. The van der Waals surface area contributed by atoms with Crippen LogP contribution in [0.15, 0.2) is 43.0 Å². The van der Waals surface area contributed by atoms with E-state index in [4.69, 9.17) is 9.05 Å². The molecule has 1 N–H and O–H groups in total. The molecule has 21 heavy (non-hydrogen) atoms. The van der Waals surface area contributed by atoms with Crippen molar-refractivity contribution in [2.75, 3.05) is 13.2 Å². The average Bonchev–Trinajstić information content (AvgIpc) is 2.47. The third-order valence-corrected chi connectivity index (χ3v) is 6.40. The molecule has 0 spiro atoms. The monoisotopic (exact) mass is 312 g/mol. The zero-order valence-electron chi connectivity index (χ0n) is 13.2. The van der Waals surface area contributed by atoms with Crippen LogP contribution in [-0.2, 0) is 19.0 Å². The maximum Gasteiger partial charge on any atom is 0.367 e. The van der Waals surface area contributed by atoms with Crippen LogP contribution in [0.2, 0.25) is 0 Å². The fourth-order valence-electron chi connectivity index (χ4n) is 2.26. The fourth-order valence-corrected chi connectivity index (χ4v) is 4.65. The maximum atomic E-state index is 13.3. The van der Waals surface area contributed by atoms with Crippen molar-refractivity contribution in [2.24, 2.45) is 5.41 Å². The van der Waals surface area contributed by atoms with E-state index < -0.39 is 18.4 Å². The van der Waals surface area contributed by atoms with Crippen LogP contribution in [0, 0.1) is 5.41 Å². The molecular formula is C16H25O4P. The van der Waals surface area contributed by atoms with Crippen molar-refractivity contribution in [1.82, 2.24) is 0 Å². The predicted octanol–water partition coefficient (Wildman–Crippen LogP) is 4.31. The average molecular weight is 312 g/mol. The van der Waals surface area contributed by atoms with E-state index in [2.05, 4.69) is 6.58 Å². The van der Waals surface area contributed by atoms with Gasteiger partial charge in [0.1, 0.15) is 0 Å². The Labute approximate surface area is 127 Å². The van der Waals surface area contributed by atoms with Crippen LogP contribution < -0.4 is 0 Å². The zero-order valence-corrected chi connectivity index (χ0v) is 14.1. The molecule has 0 radical (unpaired) electrons. The van der Waals surface area contributed by atoms with Gasteiger partial charge in [0.25, 0.3) is 0 Å². The summed E-state index contributed by atoms with van der Waals surface area (Å²) in [6.45, 7) is 11.1. The van der Waals surface area contributed by atoms with Crippen LogP contribution in [0.4, 0.5) is 0 Å². The van der Waals surface area contributed by atoms with Gasteiger partial charge in [-0.3, -0.25) is 4.57 Å². The summed E-state index contributed by atoms with van der Waals surface area (Å²) < 4.78 is 24.1. The number of hydrogen-bond donors (Lipinski definition) is 1. The molecule has 1 rings (SSSR count). The van der Waals surface area contributed by atoms with Gasteiger partial charge in [0, 0.05) is 5.41 Å². The highest BCUT2D eigenvalue weighted by atomic mass is 31.2. The first-order valence-electron chi connectivity index (χ1n) is 7.09. The summed E-state index contributed by atoms with van der Waals surface area (Å²) in [6, 6.07) is 8.83. The molecule has 0 aliphatic rings. The van der Waals surface area contributed by atoms with Gasteiger partial charge in [-0.2, -0.15) is 0 Å². The molecule has 0 aromatic heterocycles. The molecule has 1 atom stereocenters. The second-order valence-electron chi connectivity index (χ2n) is 5.30. The highest BCUT2D eigenvalue weighted by molar-refractivity contribution is 7.55. The van der Waals surface area contributed by atoms with Crippen LogP contribution in [0.25, 0.3) is 0 Å². The van der Waals surface area contributed by atoms with E-state index in [9.17, 15) is 9.67 Å². The first-order chi connectivity index (χ1) is 9.79. The zero-order chi connectivity index (χ0) is 16.1. The summed E-state index contributed by atoms with van der Waals surface area (Å²) in [5, 5.41) is 9.60. The second-order valence-corrected chi connectivity index (χ2v) is 7.46. The lowest BCUT2D eigenvalue weighted by molar-refractivity contribution is -0.00550. The number of benzene rings is 1. The minimum atomic E-state index is -3.82. The molecule has 0 saturated carbocycles. The largest absolute Gasteiger partial charge is 0.373 e. The third-order valence-electron chi connectivity index (χ3n) is 3.58. The Morgan fingerprint density at radius 3 is 2.05 bits per heavy atom. The summed E-state index contributed by atoms with van der Waals surface area (Å²) in [6.07, 6.45) is 1.57. The lowest BCUT2D eigenvalue weighted by Crippen LogP contribution is -2.41. The van der Waals surface area contributed by atoms with Gasteiger partial charge in [-0.1, -0.05) is 50.3 Å².